The molecule has 15 heavy (non-hydrogen) atoms. The Hall–Kier alpha value is -0.590. The number of nitrogens with zero attached hydrogens (tertiary/aromatic N) is 1. The summed E-state index contributed by atoms with van der Waals surface area (Å²) >= 11 is 8.87. The van der Waals surface area contributed by atoms with E-state index in [0.717, 1.165) is 0 Å². The van der Waals surface area contributed by atoms with Gasteiger partial charge in [-0.3, -0.25) is 4.79 Å². The van der Waals surface area contributed by atoms with Gasteiger partial charge in [0.25, 0.3) is 0 Å². The Bertz CT molecular complexity index is 343. The van der Waals surface area contributed by atoms with Crippen molar-refractivity contribution >= 4 is 33.3 Å². The number of hydrogen-bond donors (Lipinski definition) is 0. The van der Waals surface area contributed by atoms with Gasteiger partial charge in [0.1, 0.15) is 0 Å². The molecular formula is C11H11BrClNO. The lowest BCUT2D eigenvalue weighted by Crippen LogP contribution is -2.19. The third-order valence-electron chi connectivity index (χ3n) is 2.21. The lowest BCUT2D eigenvalue weighted by Gasteiger charge is -2.14. The average molecular weight is 289 g/mol. The van der Waals surface area contributed by atoms with Crippen molar-refractivity contribution in [1.29, 1.82) is 5.26 Å². The number of allylic oxidation sites excluding steroid dienone is 4. The van der Waals surface area contributed by atoms with Crippen LogP contribution in [0.2, 0.25) is 0 Å². The zero-order valence-electron chi connectivity index (χ0n) is 8.12. The summed E-state index contributed by atoms with van der Waals surface area (Å²) in [6, 6.07) is 2.14. The van der Waals surface area contributed by atoms with E-state index in [1.165, 1.54) is 0 Å². The number of nitriles is 1. The Morgan fingerprint density at radius 1 is 1.80 bits per heavy atom. The van der Waals surface area contributed by atoms with Crippen molar-refractivity contribution in [3.8, 4) is 6.07 Å². The van der Waals surface area contributed by atoms with Crippen LogP contribution in [0.4, 0.5) is 0 Å². The second-order valence-electron chi connectivity index (χ2n) is 3.33. The average Bonchev–Trinajstić information content (AvgIpc) is 2.28. The van der Waals surface area contributed by atoms with E-state index in [4.69, 9.17) is 16.9 Å². The van der Waals surface area contributed by atoms with E-state index in [-0.39, 0.29) is 16.5 Å². The molecule has 0 saturated carbocycles. The molecule has 0 aromatic heterocycles. The lowest BCUT2D eigenvalue weighted by atomic mass is 9.91. The van der Waals surface area contributed by atoms with Gasteiger partial charge in [0, 0.05) is 5.88 Å². The van der Waals surface area contributed by atoms with Crippen LogP contribution in [0.15, 0.2) is 23.8 Å². The number of hydrogen-bond acceptors (Lipinski definition) is 2. The van der Waals surface area contributed by atoms with Crippen LogP contribution >= 0.6 is 27.5 Å². The Morgan fingerprint density at radius 3 is 3.13 bits per heavy atom. The van der Waals surface area contributed by atoms with Crippen LogP contribution in [0.25, 0.3) is 0 Å². The summed E-state index contributed by atoms with van der Waals surface area (Å²) in [4.78, 5) is 11.6. The molecule has 1 rings (SSSR count). The van der Waals surface area contributed by atoms with E-state index in [1.807, 2.05) is 6.08 Å². The molecule has 0 amide bonds. The van der Waals surface area contributed by atoms with E-state index < -0.39 is 0 Å². The summed E-state index contributed by atoms with van der Waals surface area (Å²) in [5.74, 6) is 0.316. The van der Waals surface area contributed by atoms with Crippen molar-refractivity contribution in [1.82, 2.24) is 0 Å². The van der Waals surface area contributed by atoms with Crippen LogP contribution in [0.1, 0.15) is 12.8 Å². The minimum absolute atomic E-state index is 0.0419. The van der Waals surface area contributed by atoms with Gasteiger partial charge in [-0.15, -0.1) is 11.6 Å². The number of ketones is 1. The maximum Gasteiger partial charge on any atom is 0.172 e. The van der Waals surface area contributed by atoms with Gasteiger partial charge in [-0.25, -0.2) is 0 Å². The third kappa shape index (κ3) is 3.48. The SMILES string of the molecule is N#CC1C=CC=C(C(=O)C(Br)CCCl)C1. The molecule has 2 unspecified atom stereocenters. The first-order valence-electron chi connectivity index (χ1n) is 4.70. The predicted octanol–water partition coefficient (Wildman–Crippen LogP) is 2.97. The molecule has 0 aromatic carbocycles. The highest BCUT2D eigenvalue weighted by Gasteiger charge is 2.22. The normalized spacial score (nSPS) is 21.7. The summed E-state index contributed by atoms with van der Waals surface area (Å²) in [5, 5.41) is 8.76. The van der Waals surface area contributed by atoms with Crippen molar-refractivity contribution in [2.75, 3.05) is 5.88 Å². The molecule has 0 saturated heterocycles. The van der Waals surface area contributed by atoms with Gasteiger partial charge in [0.05, 0.1) is 16.8 Å². The van der Waals surface area contributed by atoms with E-state index in [9.17, 15) is 4.79 Å². The van der Waals surface area contributed by atoms with Crippen molar-refractivity contribution in [2.45, 2.75) is 17.7 Å². The predicted molar refractivity (Wildman–Crippen MR) is 64.0 cm³/mol. The monoisotopic (exact) mass is 287 g/mol. The molecule has 0 aliphatic heterocycles. The molecule has 0 radical (unpaired) electrons. The Kier molecular flexibility index (Phi) is 5.07. The number of carbonyl (C=O) groups excluding carboxylic acids is 1. The molecular weight excluding hydrogens is 277 g/mol. The standard InChI is InChI=1S/C11H11BrClNO/c12-10(4-5-13)11(15)9-3-1-2-8(6-9)7-14/h1-3,8,10H,4-6H2. The van der Waals surface area contributed by atoms with Gasteiger partial charge in [-0.1, -0.05) is 34.2 Å². The van der Waals surface area contributed by atoms with E-state index in [0.29, 0.717) is 24.3 Å². The van der Waals surface area contributed by atoms with Gasteiger partial charge in [0.15, 0.2) is 5.78 Å². The lowest BCUT2D eigenvalue weighted by molar-refractivity contribution is -0.115. The van der Waals surface area contributed by atoms with E-state index >= 15 is 0 Å². The molecule has 0 heterocycles. The highest BCUT2D eigenvalue weighted by atomic mass is 79.9. The van der Waals surface area contributed by atoms with E-state index in [1.54, 1.807) is 12.2 Å². The second-order valence-corrected chi connectivity index (χ2v) is 4.81. The first-order chi connectivity index (χ1) is 7.19. The second kappa shape index (κ2) is 6.09. The summed E-state index contributed by atoms with van der Waals surface area (Å²) in [6.07, 6.45) is 6.47. The molecule has 2 atom stereocenters. The molecule has 80 valence electrons. The smallest absolute Gasteiger partial charge is 0.172 e. The summed E-state index contributed by atoms with van der Waals surface area (Å²) in [6.45, 7) is 0. The molecule has 1 aliphatic rings. The van der Waals surface area contributed by atoms with Crippen molar-refractivity contribution in [3.05, 3.63) is 23.8 Å². The molecule has 0 spiro atoms. The zero-order chi connectivity index (χ0) is 11.3. The number of carbonyl (C=O) groups is 1. The van der Waals surface area contributed by atoms with Crippen LogP contribution < -0.4 is 0 Å². The fourth-order valence-electron chi connectivity index (χ4n) is 1.38. The molecule has 1 aliphatic carbocycles. The van der Waals surface area contributed by atoms with Crippen molar-refractivity contribution in [3.63, 3.8) is 0 Å². The highest BCUT2D eigenvalue weighted by Crippen LogP contribution is 2.22. The van der Waals surface area contributed by atoms with Gasteiger partial charge < -0.3 is 0 Å². The maximum atomic E-state index is 11.8. The van der Waals surface area contributed by atoms with Gasteiger partial charge in [-0.2, -0.15) is 5.26 Å². The largest absolute Gasteiger partial charge is 0.293 e. The number of halogens is 2. The first-order valence-corrected chi connectivity index (χ1v) is 6.15. The molecule has 4 heteroatoms. The number of Topliss-reactive ketones (excluding diaryl/α,β-unsaturated/α-hetero) is 1. The fraction of sp³-hybridized carbons (Fsp3) is 0.455. The van der Waals surface area contributed by atoms with Crippen molar-refractivity contribution in [2.24, 2.45) is 5.92 Å². The zero-order valence-corrected chi connectivity index (χ0v) is 10.5. The fourth-order valence-corrected chi connectivity index (χ4v) is 2.38. The Labute approximate surface area is 103 Å². The maximum absolute atomic E-state index is 11.8. The van der Waals surface area contributed by atoms with Gasteiger partial charge in [-0.05, 0) is 18.4 Å². The summed E-state index contributed by atoms with van der Waals surface area (Å²) in [7, 11) is 0. The topological polar surface area (TPSA) is 40.9 Å². The summed E-state index contributed by atoms with van der Waals surface area (Å²) < 4.78 is 0. The van der Waals surface area contributed by atoms with Crippen LogP contribution in [0.5, 0.6) is 0 Å². The van der Waals surface area contributed by atoms with Crippen LogP contribution in [0.3, 0.4) is 0 Å². The number of alkyl halides is 2. The number of rotatable bonds is 4. The molecule has 0 aromatic rings. The first kappa shape index (κ1) is 12.5. The third-order valence-corrected chi connectivity index (χ3v) is 3.30. The minimum Gasteiger partial charge on any atom is -0.293 e. The van der Waals surface area contributed by atoms with Crippen LogP contribution in [0, 0.1) is 17.2 Å². The minimum atomic E-state index is -0.230. The Balaban J connectivity index is 2.65. The van der Waals surface area contributed by atoms with Gasteiger partial charge >= 0.3 is 0 Å². The molecule has 0 N–H and O–H groups in total. The quantitative estimate of drug-likeness (QED) is 0.746. The molecule has 2 nitrogen and oxygen atoms in total. The molecule has 0 bridgehead atoms. The van der Waals surface area contributed by atoms with Crippen LogP contribution in [-0.2, 0) is 4.79 Å². The van der Waals surface area contributed by atoms with Crippen molar-refractivity contribution < 1.29 is 4.79 Å². The van der Waals surface area contributed by atoms with E-state index in [2.05, 4.69) is 22.0 Å². The van der Waals surface area contributed by atoms with Gasteiger partial charge in [0.2, 0.25) is 0 Å². The summed E-state index contributed by atoms with van der Waals surface area (Å²) in [5.41, 5.74) is 0.705. The highest BCUT2D eigenvalue weighted by molar-refractivity contribution is 9.10. The Morgan fingerprint density at radius 2 is 2.53 bits per heavy atom. The van der Waals surface area contributed by atoms with Crippen LogP contribution in [-0.4, -0.2) is 16.5 Å². The molecule has 0 fully saturated rings.